The third kappa shape index (κ3) is 5.65. The molecule has 15 heavy (non-hydrogen) atoms. The lowest BCUT2D eigenvalue weighted by atomic mass is 10.1. The van der Waals surface area contributed by atoms with Crippen LogP contribution >= 0.6 is 0 Å². The van der Waals surface area contributed by atoms with Crippen molar-refractivity contribution in [1.82, 2.24) is 10.6 Å². The van der Waals surface area contributed by atoms with Crippen LogP contribution in [0.15, 0.2) is 0 Å². The van der Waals surface area contributed by atoms with Crippen LogP contribution in [0.25, 0.3) is 0 Å². The van der Waals surface area contributed by atoms with Crippen LogP contribution in [0.1, 0.15) is 13.8 Å². The summed E-state index contributed by atoms with van der Waals surface area (Å²) in [5, 5.41) is 12.9. The number of carbonyl (C=O) groups excluding carboxylic acids is 2. The van der Waals surface area contributed by atoms with Gasteiger partial charge < -0.3 is 16.4 Å². The summed E-state index contributed by atoms with van der Waals surface area (Å²) in [7, 11) is 0. The molecule has 0 saturated heterocycles. The van der Waals surface area contributed by atoms with E-state index in [2.05, 4.69) is 10.6 Å². The highest BCUT2D eigenvalue weighted by Gasteiger charge is 2.17. The van der Waals surface area contributed by atoms with E-state index in [1.807, 2.05) is 13.8 Å². The Bertz CT molecular complexity index is 270. The Morgan fingerprint density at radius 1 is 1.40 bits per heavy atom. The van der Waals surface area contributed by atoms with E-state index in [1.165, 1.54) is 0 Å². The van der Waals surface area contributed by atoms with Gasteiger partial charge in [-0.1, -0.05) is 13.8 Å². The monoisotopic (exact) mass is 212 g/mol. The van der Waals surface area contributed by atoms with Crippen molar-refractivity contribution in [2.45, 2.75) is 19.9 Å². The van der Waals surface area contributed by atoms with Gasteiger partial charge >= 0.3 is 0 Å². The average molecular weight is 212 g/mol. The first-order chi connectivity index (χ1) is 6.99. The third-order valence-electron chi connectivity index (χ3n) is 1.81. The molecule has 4 N–H and O–H groups in total. The van der Waals surface area contributed by atoms with Crippen LogP contribution in [0.3, 0.4) is 0 Å². The summed E-state index contributed by atoms with van der Waals surface area (Å²) in [4.78, 5) is 22.3. The Morgan fingerprint density at radius 3 is 2.47 bits per heavy atom. The number of hydrogen-bond donors (Lipinski definition) is 3. The normalized spacial score (nSPS) is 11.7. The van der Waals surface area contributed by atoms with Gasteiger partial charge in [0.2, 0.25) is 11.8 Å². The topological polar surface area (TPSA) is 108 Å². The summed E-state index contributed by atoms with van der Waals surface area (Å²) < 4.78 is 0. The summed E-state index contributed by atoms with van der Waals surface area (Å²) in [6.07, 6.45) is 0. The molecule has 0 aliphatic carbocycles. The molecule has 6 heteroatoms. The minimum absolute atomic E-state index is 0.0205. The fourth-order valence-electron chi connectivity index (χ4n) is 0.789. The molecule has 0 radical (unpaired) electrons. The molecule has 0 aliphatic rings. The van der Waals surface area contributed by atoms with Crippen LogP contribution in [0.5, 0.6) is 0 Å². The van der Waals surface area contributed by atoms with E-state index < -0.39 is 11.9 Å². The number of nitrogens with two attached hydrogens (primary N) is 1. The molecule has 0 bridgehead atoms. The first-order valence-electron chi connectivity index (χ1n) is 4.66. The molecule has 6 nitrogen and oxygen atoms in total. The predicted octanol–water partition coefficient (Wildman–Crippen LogP) is -1.27. The summed E-state index contributed by atoms with van der Waals surface area (Å²) in [6.45, 7) is 3.42. The van der Waals surface area contributed by atoms with E-state index in [0.717, 1.165) is 0 Å². The minimum atomic E-state index is -0.617. The van der Waals surface area contributed by atoms with E-state index in [4.69, 9.17) is 11.0 Å². The zero-order chi connectivity index (χ0) is 11.8. The molecule has 1 atom stereocenters. The van der Waals surface area contributed by atoms with Gasteiger partial charge in [-0.15, -0.1) is 0 Å². The van der Waals surface area contributed by atoms with Crippen molar-refractivity contribution in [3.05, 3.63) is 0 Å². The second-order valence-corrected chi connectivity index (χ2v) is 3.42. The highest BCUT2D eigenvalue weighted by molar-refractivity contribution is 5.87. The lowest BCUT2D eigenvalue weighted by Crippen LogP contribution is -2.47. The van der Waals surface area contributed by atoms with Gasteiger partial charge in [-0.3, -0.25) is 9.59 Å². The van der Waals surface area contributed by atoms with E-state index in [-0.39, 0.29) is 24.9 Å². The van der Waals surface area contributed by atoms with Crippen LogP contribution in [0.4, 0.5) is 0 Å². The van der Waals surface area contributed by atoms with Crippen molar-refractivity contribution in [2.75, 3.05) is 13.1 Å². The zero-order valence-corrected chi connectivity index (χ0v) is 8.91. The van der Waals surface area contributed by atoms with E-state index in [0.29, 0.717) is 0 Å². The molecule has 0 rings (SSSR count). The minimum Gasteiger partial charge on any atom is -0.346 e. The maximum atomic E-state index is 11.3. The summed E-state index contributed by atoms with van der Waals surface area (Å²) >= 11 is 0. The lowest BCUT2D eigenvalue weighted by molar-refractivity contribution is -0.127. The van der Waals surface area contributed by atoms with Crippen molar-refractivity contribution < 1.29 is 9.59 Å². The Kier molecular flexibility index (Phi) is 6.06. The molecule has 0 aromatic rings. The smallest absolute Gasteiger partial charge is 0.240 e. The maximum Gasteiger partial charge on any atom is 0.240 e. The molecule has 2 amide bonds. The van der Waals surface area contributed by atoms with Crippen LogP contribution in [-0.2, 0) is 9.59 Å². The predicted molar refractivity (Wildman–Crippen MR) is 54.4 cm³/mol. The zero-order valence-electron chi connectivity index (χ0n) is 8.91. The first kappa shape index (κ1) is 13.4. The molecule has 84 valence electrons. The number of carbonyl (C=O) groups is 2. The Hall–Kier alpha value is -1.61. The van der Waals surface area contributed by atoms with Gasteiger partial charge in [0.1, 0.15) is 6.54 Å². The molecule has 0 aromatic heterocycles. The van der Waals surface area contributed by atoms with E-state index in [1.54, 1.807) is 6.07 Å². The molecule has 0 aliphatic heterocycles. The molecule has 0 saturated carbocycles. The van der Waals surface area contributed by atoms with Gasteiger partial charge in [0, 0.05) is 0 Å². The number of nitriles is 1. The number of nitrogens with zero attached hydrogens (tertiary/aromatic N) is 1. The van der Waals surface area contributed by atoms with Crippen molar-refractivity contribution in [3.63, 3.8) is 0 Å². The van der Waals surface area contributed by atoms with Crippen LogP contribution in [0.2, 0.25) is 0 Å². The van der Waals surface area contributed by atoms with Gasteiger partial charge in [-0.25, -0.2) is 0 Å². The Morgan fingerprint density at radius 2 is 2.00 bits per heavy atom. The molecular formula is C9H16N4O2. The molecular weight excluding hydrogens is 196 g/mol. The van der Waals surface area contributed by atoms with Crippen LogP contribution < -0.4 is 16.4 Å². The largest absolute Gasteiger partial charge is 0.346 e. The number of nitrogens with one attached hydrogen (secondary N) is 2. The van der Waals surface area contributed by atoms with Crippen molar-refractivity contribution in [1.29, 1.82) is 5.26 Å². The van der Waals surface area contributed by atoms with E-state index in [9.17, 15) is 9.59 Å². The first-order valence-corrected chi connectivity index (χ1v) is 4.66. The quantitative estimate of drug-likeness (QED) is 0.493. The fourth-order valence-corrected chi connectivity index (χ4v) is 0.789. The van der Waals surface area contributed by atoms with Crippen molar-refractivity contribution in [2.24, 2.45) is 11.7 Å². The highest BCUT2D eigenvalue weighted by atomic mass is 16.2. The van der Waals surface area contributed by atoms with Gasteiger partial charge in [0.05, 0.1) is 18.7 Å². The van der Waals surface area contributed by atoms with Crippen molar-refractivity contribution >= 4 is 11.8 Å². The SMILES string of the molecule is CC(C)[C@H](N)C(=O)NCC(=O)NCC#N. The standard InChI is InChI=1S/C9H16N4O2/c1-6(2)8(11)9(15)13-5-7(14)12-4-3-10/h6,8H,4-5,11H2,1-2H3,(H,12,14)(H,13,15)/t8-/m0/s1. The van der Waals surface area contributed by atoms with Crippen LogP contribution in [0, 0.1) is 17.2 Å². The second kappa shape index (κ2) is 6.79. The second-order valence-electron chi connectivity index (χ2n) is 3.42. The van der Waals surface area contributed by atoms with Crippen molar-refractivity contribution in [3.8, 4) is 6.07 Å². The highest BCUT2D eigenvalue weighted by Crippen LogP contribution is 1.97. The van der Waals surface area contributed by atoms with Gasteiger partial charge in [-0.2, -0.15) is 5.26 Å². The molecule has 0 spiro atoms. The van der Waals surface area contributed by atoms with E-state index >= 15 is 0 Å². The maximum absolute atomic E-state index is 11.3. The number of rotatable bonds is 5. The molecule has 0 aromatic carbocycles. The summed E-state index contributed by atoms with van der Waals surface area (Å²) in [6, 6.07) is 1.14. The van der Waals surface area contributed by atoms with Crippen LogP contribution in [-0.4, -0.2) is 30.9 Å². The number of hydrogen-bond acceptors (Lipinski definition) is 4. The van der Waals surface area contributed by atoms with Gasteiger partial charge in [0.15, 0.2) is 0 Å². The Labute approximate surface area is 88.8 Å². The lowest BCUT2D eigenvalue weighted by Gasteiger charge is -2.14. The number of amides is 2. The molecule has 0 heterocycles. The average Bonchev–Trinajstić information content (AvgIpc) is 2.21. The summed E-state index contributed by atoms with van der Waals surface area (Å²) in [5.41, 5.74) is 5.55. The molecule has 0 unspecified atom stereocenters. The Balaban J connectivity index is 3.81. The van der Waals surface area contributed by atoms with Gasteiger partial charge in [-0.05, 0) is 5.92 Å². The van der Waals surface area contributed by atoms with Gasteiger partial charge in [0.25, 0.3) is 0 Å². The third-order valence-corrected chi connectivity index (χ3v) is 1.81. The molecule has 0 fully saturated rings. The summed E-state index contributed by atoms with van der Waals surface area (Å²) in [5.74, 6) is -0.745. The fraction of sp³-hybridized carbons (Fsp3) is 0.667.